The van der Waals surface area contributed by atoms with Gasteiger partial charge in [0.15, 0.2) is 0 Å². The highest BCUT2D eigenvalue weighted by molar-refractivity contribution is 6.34. The van der Waals surface area contributed by atoms with Gasteiger partial charge in [-0.2, -0.15) is 13.2 Å². The second kappa shape index (κ2) is 7.19. The number of ether oxygens (including phenoxy) is 1. The minimum atomic E-state index is -4.28. The van der Waals surface area contributed by atoms with Crippen molar-refractivity contribution in [3.63, 3.8) is 0 Å². The molecule has 0 amide bonds. The van der Waals surface area contributed by atoms with Crippen LogP contribution in [0.3, 0.4) is 0 Å². The van der Waals surface area contributed by atoms with Crippen molar-refractivity contribution in [2.45, 2.75) is 12.7 Å². The number of alkyl halides is 3. The summed E-state index contributed by atoms with van der Waals surface area (Å²) >= 11 is 11.6. The van der Waals surface area contributed by atoms with E-state index in [4.69, 9.17) is 23.2 Å². The van der Waals surface area contributed by atoms with Gasteiger partial charge in [0.2, 0.25) is 0 Å². The number of nitrogens with one attached hydrogen (secondary N) is 1. The molecule has 0 bridgehead atoms. The second-order valence-electron chi connectivity index (χ2n) is 3.62. The van der Waals surface area contributed by atoms with E-state index in [2.05, 4.69) is 10.1 Å². The van der Waals surface area contributed by atoms with E-state index in [1.54, 1.807) is 18.2 Å². The van der Waals surface area contributed by atoms with Gasteiger partial charge in [-0.05, 0) is 23.8 Å². The van der Waals surface area contributed by atoms with Crippen LogP contribution in [0.2, 0.25) is 10.0 Å². The Kier molecular flexibility index (Phi) is 6.21. The molecule has 0 radical (unpaired) electrons. The van der Waals surface area contributed by atoms with E-state index < -0.39 is 12.8 Å². The molecule has 0 saturated heterocycles. The highest BCUT2D eigenvalue weighted by Crippen LogP contribution is 2.18. The van der Waals surface area contributed by atoms with Gasteiger partial charge in [0, 0.05) is 23.1 Å². The van der Waals surface area contributed by atoms with Gasteiger partial charge >= 0.3 is 6.18 Å². The monoisotopic (exact) mass is 301 g/mol. The van der Waals surface area contributed by atoms with Gasteiger partial charge in [-0.25, -0.2) is 0 Å². The predicted octanol–water partition coefficient (Wildman–Crippen LogP) is 3.66. The van der Waals surface area contributed by atoms with Crippen molar-refractivity contribution >= 4 is 23.2 Å². The normalized spacial score (nSPS) is 11.8. The molecule has 0 fully saturated rings. The third-order valence-electron chi connectivity index (χ3n) is 1.94. The van der Waals surface area contributed by atoms with Crippen LogP contribution in [0.15, 0.2) is 18.2 Å². The second-order valence-corrected chi connectivity index (χ2v) is 4.50. The van der Waals surface area contributed by atoms with Crippen molar-refractivity contribution < 1.29 is 17.9 Å². The molecule has 7 heteroatoms. The molecule has 0 spiro atoms. The van der Waals surface area contributed by atoms with Crippen molar-refractivity contribution in [2.24, 2.45) is 0 Å². The zero-order chi connectivity index (χ0) is 13.6. The van der Waals surface area contributed by atoms with Crippen LogP contribution in [0.1, 0.15) is 5.56 Å². The molecule has 0 aromatic heterocycles. The Labute approximate surface area is 113 Å². The molecule has 1 rings (SSSR count). The molecule has 2 nitrogen and oxygen atoms in total. The topological polar surface area (TPSA) is 21.3 Å². The lowest BCUT2D eigenvalue weighted by Crippen LogP contribution is -2.23. The van der Waals surface area contributed by atoms with Crippen LogP contribution in [0.25, 0.3) is 0 Å². The van der Waals surface area contributed by atoms with Gasteiger partial charge in [-0.1, -0.05) is 23.2 Å². The molecule has 0 atom stereocenters. The largest absolute Gasteiger partial charge is 0.411 e. The third-order valence-corrected chi connectivity index (χ3v) is 2.38. The molecule has 0 aliphatic rings. The first-order valence-electron chi connectivity index (χ1n) is 5.17. The molecular weight excluding hydrogens is 290 g/mol. The first kappa shape index (κ1) is 15.6. The molecule has 18 heavy (non-hydrogen) atoms. The summed E-state index contributed by atoms with van der Waals surface area (Å²) < 4.78 is 39.7. The lowest BCUT2D eigenvalue weighted by atomic mass is 10.2. The van der Waals surface area contributed by atoms with Crippen molar-refractivity contribution in [3.05, 3.63) is 33.8 Å². The fraction of sp³-hybridized carbons (Fsp3) is 0.455. The zero-order valence-electron chi connectivity index (χ0n) is 9.36. The van der Waals surface area contributed by atoms with E-state index in [0.29, 0.717) is 23.1 Å². The molecule has 0 aliphatic heterocycles. The van der Waals surface area contributed by atoms with Crippen LogP contribution in [0.4, 0.5) is 13.2 Å². The lowest BCUT2D eigenvalue weighted by Gasteiger charge is -2.09. The molecule has 102 valence electrons. The summed E-state index contributed by atoms with van der Waals surface area (Å²) in [6.45, 7) is -0.443. The molecule has 0 heterocycles. The number of rotatable bonds is 6. The van der Waals surface area contributed by atoms with Gasteiger partial charge in [-0.3, -0.25) is 0 Å². The Morgan fingerprint density at radius 1 is 1.11 bits per heavy atom. The van der Waals surface area contributed by atoms with Crippen molar-refractivity contribution in [3.8, 4) is 0 Å². The van der Waals surface area contributed by atoms with E-state index in [1.165, 1.54) is 0 Å². The van der Waals surface area contributed by atoms with Gasteiger partial charge < -0.3 is 10.1 Å². The first-order valence-corrected chi connectivity index (χ1v) is 5.92. The SMILES string of the molecule is FC(F)(F)COCCNCc1cc(Cl)cc(Cl)c1. The van der Waals surface area contributed by atoms with E-state index in [0.717, 1.165) is 5.56 Å². The molecule has 1 N–H and O–H groups in total. The average Bonchev–Trinajstić information content (AvgIpc) is 2.20. The predicted molar refractivity (Wildman–Crippen MR) is 65.0 cm³/mol. The number of halogens is 5. The molecule has 0 saturated carbocycles. The van der Waals surface area contributed by atoms with E-state index in [-0.39, 0.29) is 6.61 Å². The number of hydrogen-bond donors (Lipinski definition) is 1. The molecule has 0 aliphatic carbocycles. The molecule has 1 aromatic carbocycles. The summed E-state index contributed by atoms with van der Waals surface area (Å²) in [5.74, 6) is 0. The van der Waals surface area contributed by atoms with Crippen LogP contribution < -0.4 is 5.32 Å². The highest BCUT2D eigenvalue weighted by atomic mass is 35.5. The summed E-state index contributed by atoms with van der Waals surface area (Å²) in [7, 11) is 0. The number of hydrogen-bond acceptors (Lipinski definition) is 2. The zero-order valence-corrected chi connectivity index (χ0v) is 10.9. The summed E-state index contributed by atoms with van der Waals surface area (Å²) in [5, 5.41) is 3.97. The Morgan fingerprint density at radius 3 is 2.28 bits per heavy atom. The van der Waals surface area contributed by atoms with Crippen molar-refractivity contribution in [2.75, 3.05) is 19.8 Å². The fourth-order valence-electron chi connectivity index (χ4n) is 1.28. The third kappa shape index (κ3) is 7.06. The van der Waals surface area contributed by atoms with Gasteiger partial charge in [0.25, 0.3) is 0 Å². The maximum atomic E-state index is 11.7. The molecule has 1 aromatic rings. The van der Waals surface area contributed by atoms with E-state index in [1.807, 2.05) is 0 Å². The van der Waals surface area contributed by atoms with Gasteiger partial charge in [0.05, 0.1) is 6.61 Å². The van der Waals surface area contributed by atoms with Crippen LogP contribution in [-0.4, -0.2) is 25.9 Å². The number of benzene rings is 1. The van der Waals surface area contributed by atoms with Crippen molar-refractivity contribution in [1.29, 1.82) is 0 Å². The summed E-state index contributed by atoms with van der Waals surface area (Å²) in [5.41, 5.74) is 0.864. The quantitative estimate of drug-likeness (QED) is 0.810. The maximum Gasteiger partial charge on any atom is 0.411 e. The minimum absolute atomic E-state index is 0.00614. The van der Waals surface area contributed by atoms with E-state index in [9.17, 15) is 13.2 Å². The van der Waals surface area contributed by atoms with Gasteiger partial charge in [-0.15, -0.1) is 0 Å². The Balaban J connectivity index is 2.18. The van der Waals surface area contributed by atoms with Gasteiger partial charge in [0.1, 0.15) is 6.61 Å². The summed E-state index contributed by atoms with van der Waals surface area (Å²) in [6.07, 6.45) is -4.28. The molecule has 0 unspecified atom stereocenters. The highest BCUT2D eigenvalue weighted by Gasteiger charge is 2.27. The summed E-state index contributed by atoms with van der Waals surface area (Å²) in [6, 6.07) is 5.08. The maximum absolute atomic E-state index is 11.7. The fourth-order valence-corrected chi connectivity index (χ4v) is 1.85. The van der Waals surface area contributed by atoms with Crippen molar-refractivity contribution in [1.82, 2.24) is 5.32 Å². The minimum Gasteiger partial charge on any atom is -0.371 e. The van der Waals surface area contributed by atoms with Crippen LogP contribution in [-0.2, 0) is 11.3 Å². The van der Waals surface area contributed by atoms with Crippen LogP contribution in [0, 0.1) is 0 Å². The Bertz CT molecular complexity index is 365. The van der Waals surface area contributed by atoms with Crippen LogP contribution in [0.5, 0.6) is 0 Å². The smallest absolute Gasteiger partial charge is 0.371 e. The first-order chi connectivity index (χ1) is 8.37. The Morgan fingerprint density at radius 2 is 1.72 bits per heavy atom. The summed E-state index contributed by atoms with van der Waals surface area (Å²) in [4.78, 5) is 0. The van der Waals surface area contributed by atoms with E-state index >= 15 is 0 Å². The molecular formula is C11H12Cl2F3NO. The lowest BCUT2D eigenvalue weighted by molar-refractivity contribution is -0.173. The van der Waals surface area contributed by atoms with Crippen LogP contribution >= 0.6 is 23.2 Å². The standard InChI is InChI=1S/C11H12Cl2F3NO/c12-9-3-8(4-10(13)5-9)6-17-1-2-18-7-11(14,15)16/h3-5,17H,1-2,6-7H2. The average molecular weight is 302 g/mol. The Hall–Kier alpha value is -0.490.